The Labute approximate surface area is 151 Å². The van der Waals surface area contributed by atoms with Crippen LogP contribution in [0.25, 0.3) is 11.3 Å². The first-order valence-corrected chi connectivity index (χ1v) is 8.33. The van der Waals surface area contributed by atoms with Crippen LogP contribution in [-0.4, -0.2) is 42.9 Å². The number of nitrogens with zero attached hydrogens (tertiary/aromatic N) is 6. The zero-order chi connectivity index (χ0) is 18.5. The van der Waals surface area contributed by atoms with Crippen LogP contribution in [0.5, 0.6) is 0 Å². The molecule has 0 fully saturated rings. The fraction of sp³-hybridized carbons (Fsp3) is 0.353. The minimum Gasteiger partial charge on any atom is -0.359 e. The summed E-state index contributed by atoms with van der Waals surface area (Å²) in [7, 11) is 1.70. The molecule has 1 atom stereocenters. The highest BCUT2D eigenvalue weighted by Gasteiger charge is 2.18. The van der Waals surface area contributed by atoms with E-state index in [0.29, 0.717) is 30.4 Å². The summed E-state index contributed by atoms with van der Waals surface area (Å²) in [6.07, 6.45) is 4.87. The molecule has 3 rings (SSSR count). The van der Waals surface area contributed by atoms with Crippen LogP contribution >= 0.6 is 0 Å². The predicted octanol–water partition coefficient (Wildman–Crippen LogP) is 2.25. The highest BCUT2D eigenvalue weighted by atomic mass is 16.5. The van der Waals surface area contributed by atoms with Crippen molar-refractivity contribution in [1.82, 2.24) is 35.1 Å². The van der Waals surface area contributed by atoms with Gasteiger partial charge in [0.15, 0.2) is 5.76 Å². The van der Waals surface area contributed by atoms with Crippen molar-refractivity contribution in [2.24, 2.45) is 0 Å². The number of hydrogen-bond donors (Lipinski definition) is 1. The lowest BCUT2D eigenvalue weighted by molar-refractivity contribution is 0.197. The third-order valence-corrected chi connectivity index (χ3v) is 3.95. The number of nitrogens with one attached hydrogen (secondary N) is 1. The van der Waals surface area contributed by atoms with Crippen molar-refractivity contribution in [3.05, 3.63) is 48.5 Å². The molecule has 0 saturated heterocycles. The van der Waals surface area contributed by atoms with E-state index >= 15 is 0 Å². The average Bonchev–Trinajstić information content (AvgIpc) is 3.31. The number of aryl methyl sites for hydroxylation is 1. The largest absolute Gasteiger partial charge is 0.359 e. The van der Waals surface area contributed by atoms with Crippen molar-refractivity contribution in [2.45, 2.75) is 33.0 Å². The van der Waals surface area contributed by atoms with E-state index in [2.05, 4.69) is 25.5 Å². The van der Waals surface area contributed by atoms with Gasteiger partial charge in [-0.15, -0.1) is 0 Å². The van der Waals surface area contributed by atoms with Crippen molar-refractivity contribution in [3.8, 4) is 11.3 Å². The summed E-state index contributed by atoms with van der Waals surface area (Å²) in [5.41, 5.74) is 1.62. The van der Waals surface area contributed by atoms with E-state index in [-0.39, 0.29) is 12.1 Å². The van der Waals surface area contributed by atoms with E-state index < -0.39 is 0 Å². The molecule has 1 unspecified atom stereocenters. The van der Waals surface area contributed by atoms with Crippen LogP contribution in [-0.2, 0) is 13.1 Å². The molecule has 0 spiro atoms. The average molecular weight is 355 g/mol. The van der Waals surface area contributed by atoms with E-state index in [0.717, 1.165) is 5.56 Å². The van der Waals surface area contributed by atoms with Gasteiger partial charge in [-0.1, -0.05) is 5.16 Å². The van der Waals surface area contributed by atoms with Crippen LogP contribution < -0.4 is 5.32 Å². The Hall–Kier alpha value is -3.23. The second-order valence-electron chi connectivity index (χ2n) is 5.88. The molecule has 26 heavy (non-hydrogen) atoms. The molecule has 0 aromatic carbocycles. The van der Waals surface area contributed by atoms with E-state index in [1.807, 2.05) is 32.0 Å². The lowest BCUT2D eigenvalue weighted by Gasteiger charge is -2.20. The Bertz CT molecular complexity index is 859. The van der Waals surface area contributed by atoms with E-state index in [4.69, 9.17) is 4.52 Å². The lowest BCUT2D eigenvalue weighted by Crippen LogP contribution is -2.38. The monoisotopic (exact) mass is 355 g/mol. The molecule has 9 nitrogen and oxygen atoms in total. The molecule has 2 amide bonds. The number of pyridine rings is 1. The SMILES string of the molecule is CCn1ncnc1C(C)NC(=O)N(C)Cc1cc(-c2ccncc2)no1. The molecule has 1 N–H and O–H groups in total. The zero-order valence-electron chi connectivity index (χ0n) is 15.0. The van der Waals surface area contributed by atoms with Gasteiger partial charge in [0.2, 0.25) is 0 Å². The zero-order valence-corrected chi connectivity index (χ0v) is 15.0. The van der Waals surface area contributed by atoms with Crippen LogP contribution in [0.4, 0.5) is 4.79 Å². The van der Waals surface area contributed by atoms with Crippen molar-refractivity contribution >= 4 is 6.03 Å². The summed E-state index contributed by atoms with van der Waals surface area (Å²) >= 11 is 0. The fourth-order valence-corrected chi connectivity index (χ4v) is 2.56. The standard InChI is InChI=1S/C17H21N7O2/c1-4-24-16(19-11-20-24)12(2)21-17(25)23(3)10-14-9-15(22-26-14)13-5-7-18-8-6-13/h5-9,11-12H,4,10H2,1-3H3,(H,21,25). The van der Waals surface area contributed by atoms with Gasteiger partial charge < -0.3 is 14.7 Å². The molecular formula is C17H21N7O2. The summed E-state index contributed by atoms with van der Waals surface area (Å²) in [5.74, 6) is 1.31. The normalized spacial score (nSPS) is 12.0. The Morgan fingerprint density at radius 1 is 1.38 bits per heavy atom. The first-order chi connectivity index (χ1) is 12.6. The Morgan fingerprint density at radius 2 is 2.15 bits per heavy atom. The number of hydrogen-bond acceptors (Lipinski definition) is 6. The van der Waals surface area contributed by atoms with Gasteiger partial charge in [0.1, 0.15) is 17.8 Å². The summed E-state index contributed by atoms with van der Waals surface area (Å²) in [6.45, 7) is 4.85. The summed E-state index contributed by atoms with van der Waals surface area (Å²) in [6, 6.07) is 5.03. The Balaban J connectivity index is 1.60. The number of carbonyl (C=O) groups is 1. The minimum absolute atomic E-state index is 0.231. The van der Waals surface area contributed by atoms with Crippen LogP contribution in [0.2, 0.25) is 0 Å². The maximum atomic E-state index is 12.4. The third-order valence-electron chi connectivity index (χ3n) is 3.95. The van der Waals surface area contributed by atoms with E-state index in [1.165, 1.54) is 11.2 Å². The van der Waals surface area contributed by atoms with Crippen LogP contribution in [0.1, 0.15) is 31.5 Å². The Kier molecular flexibility index (Phi) is 5.26. The molecule has 3 heterocycles. The third kappa shape index (κ3) is 3.88. The van der Waals surface area contributed by atoms with Gasteiger partial charge >= 0.3 is 6.03 Å². The number of urea groups is 1. The lowest BCUT2D eigenvalue weighted by atomic mass is 10.2. The number of amides is 2. The van der Waals surface area contributed by atoms with Crippen LogP contribution in [0.15, 0.2) is 41.4 Å². The van der Waals surface area contributed by atoms with Crippen LogP contribution in [0, 0.1) is 0 Å². The van der Waals surface area contributed by atoms with Gasteiger partial charge in [-0.05, 0) is 26.0 Å². The fourth-order valence-electron chi connectivity index (χ4n) is 2.56. The topological polar surface area (TPSA) is 102 Å². The summed E-state index contributed by atoms with van der Waals surface area (Å²) in [4.78, 5) is 22.1. The first kappa shape index (κ1) is 17.6. The van der Waals surface area contributed by atoms with Crippen molar-refractivity contribution in [1.29, 1.82) is 0 Å². The number of rotatable bonds is 6. The highest BCUT2D eigenvalue weighted by molar-refractivity contribution is 5.74. The molecule has 0 aliphatic rings. The maximum absolute atomic E-state index is 12.4. The van der Waals surface area contributed by atoms with Crippen molar-refractivity contribution in [2.75, 3.05) is 7.05 Å². The second-order valence-corrected chi connectivity index (χ2v) is 5.88. The molecule has 136 valence electrons. The van der Waals surface area contributed by atoms with Gasteiger partial charge in [0.25, 0.3) is 0 Å². The first-order valence-electron chi connectivity index (χ1n) is 8.33. The molecule has 0 radical (unpaired) electrons. The molecule has 0 aliphatic heterocycles. The van der Waals surface area contributed by atoms with E-state index in [9.17, 15) is 4.79 Å². The molecule has 0 aliphatic carbocycles. The molecule has 0 bridgehead atoms. The quantitative estimate of drug-likeness (QED) is 0.727. The van der Waals surface area contributed by atoms with Gasteiger partial charge in [0.05, 0.1) is 12.6 Å². The molecule has 3 aromatic heterocycles. The predicted molar refractivity (Wildman–Crippen MR) is 93.8 cm³/mol. The molecule has 9 heteroatoms. The van der Waals surface area contributed by atoms with Gasteiger partial charge in [-0.3, -0.25) is 4.98 Å². The number of carbonyl (C=O) groups excluding carboxylic acids is 1. The Morgan fingerprint density at radius 3 is 2.88 bits per heavy atom. The van der Waals surface area contributed by atoms with Gasteiger partial charge in [-0.25, -0.2) is 14.5 Å². The molecule has 0 saturated carbocycles. The smallest absolute Gasteiger partial charge is 0.318 e. The minimum atomic E-state index is -0.255. The molecule has 3 aromatic rings. The summed E-state index contributed by atoms with van der Waals surface area (Å²) < 4.78 is 7.09. The van der Waals surface area contributed by atoms with Crippen molar-refractivity contribution < 1.29 is 9.32 Å². The maximum Gasteiger partial charge on any atom is 0.318 e. The summed E-state index contributed by atoms with van der Waals surface area (Å²) in [5, 5.41) is 11.1. The van der Waals surface area contributed by atoms with E-state index in [1.54, 1.807) is 24.1 Å². The molecular weight excluding hydrogens is 334 g/mol. The number of aromatic nitrogens is 5. The van der Waals surface area contributed by atoms with Gasteiger partial charge in [0, 0.05) is 37.6 Å². The van der Waals surface area contributed by atoms with Crippen LogP contribution in [0.3, 0.4) is 0 Å². The second kappa shape index (κ2) is 7.77. The highest BCUT2D eigenvalue weighted by Crippen LogP contribution is 2.19. The van der Waals surface area contributed by atoms with Crippen molar-refractivity contribution in [3.63, 3.8) is 0 Å². The van der Waals surface area contributed by atoms with Gasteiger partial charge in [-0.2, -0.15) is 5.10 Å².